The van der Waals surface area contributed by atoms with Gasteiger partial charge in [-0.3, -0.25) is 14.5 Å². The van der Waals surface area contributed by atoms with Gasteiger partial charge in [-0.1, -0.05) is 27.7 Å². The van der Waals surface area contributed by atoms with E-state index in [-0.39, 0.29) is 30.0 Å². The molecule has 2 aliphatic heterocycles. The second-order valence-corrected chi connectivity index (χ2v) is 8.76. The van der Waals surface area contributed by atoms with Crippen LogP contribution in [0.25, 0.3) is 0 Å². The van der Waals surface area contributed by atoms with E-state index in [9.17, 15) is 9.59 Å². The van der Waals surface area contributed by atoms with Crippen molar-refractivity contribution in [2.45, 2.75) is 73.6 Å². The first-order valence-electron chi connectivity index (χ1n) is 10.5. The highest BCUT2D eigenvalue weighted by atomic mass is 16.5. The number of nitrogens with zero attached hydrogens (tertiary/aromatic N) is 3. The Labute approximate surface area is 166 Å². The third-order valence-corrected chi connectivity index (χ3v) is 5.08. The molecular formula is C21H41N3O3. The highest BCUT2D eigenvalue weighted by molar-refractivity contribution is 5.78. The van der Waals surface area contributed by atoms with E-state index in [2.05, 4.69) is 18.7 Å². The van der Waals surface area contributed by atoms with Gasteiger partial charge in [0.25, 0.3) is 0 Å². The van der Waals surface area contributed by atoms with Crippen LogP contribution in [0.1, 0.15) is 55.4 Å². The Balaban J connectivity index is 0.000000271. The summed E-state index contributed by atoms with van der Waals surface area (Å²) in [6, 6.07) is 0.603. The van der Waals surface area contributed by atoms with Crippen LogP contribution in [-0.2, 0) is 14.3 Å². The van der Waals surface area contributed by atoms with Crippen LogP contribution in [0.3, 0.4) is 0 Å². The van der Waals surface area contributed by atoms with Gasteiger partial charge in [-0.05, 0) is 27.7 Å². The molecule has 6 nitrogen and oxygen atoms in total. The van der Waals surface area contributed by atoms with E-state index >= 15 is 0 Å². The number of morpholine rings is 1. The summed E-state index contributed by atoms with van der Waals surface area (Å²) in [6.07, 6.45) is 0.345. The first-order chi connectivity index (χ1) is 12.5. The summed E-state index contributed by atoms with van der Waals surface area (Å²) in [4.78, 5) is 29.7. The minimum absolute atomic E-state index is 0.0949. The molecule has 2 fully saturated rings. The standard InChI is InChI=1S/C11H22N2O.C10H19NO2/c1-9(2)11(14)13-7-5-12(6-8-13)10(3)4;1-7(2)10(12)11-5-8(3)13-9(4)6-11/h9-10H,5-8H2,1-4H3;7-9H,5-6H2,1-4H3/t;8-,9+. The smallest absolute Gasteiger partial charge is 0.225 e. The fourth-order valence-electron chi connectivity index (χ4n) is 3.55. The molecule has 0 bridgehead atoms. The van der Waals surface area contributed by atoms with Gasteiger partial charge in [-0.2, -0.15) is 0 Å². The van der Waals surface area contributed by atoms with Gasteiger partial charge in [0.2, 0.25) is 11.8 Å². The number of carbonyl (C=O) groups excluding carboxylic acids is 2. The van der Waals surface area contributed by atoms with Crippen LogP contribution in [0.4, 0.5) is 0 Å². The van der Waals surface area contributed by atoms with Crippen molar-refractivity contribution < 1.29 is 14.3 Å². The van der Waals surface area contributed by atoms with Crippen LogP contribution in [-0.4, -0.2) is 84.0 Å². The number of ether oxygens (including phenoxy) is 1. The van der Waals surface area contributed by atoms with Crippen molar-refractivity contribution in [2.24, 2.45) is 11.8 Å². The predicted molar refractivity (Wildman–Crippen MR) is 110 cm³/mol. The Morgan fingerprint density at radius 1 is 0.741 bits per heavy atom. The lowest BCUT2D eigenvalue weighted by atomic mass is 10.1. The van der Waals surface area contributed by atoms with Gasteiger partial charge in [0, 0.05) is 57.1 Å². The SMILES string of the molecule is CC(C)C(=O)N1CCN(C(C)C)CC1.CC(C)C(=O)N1C[C@@H](C)O[C@@H](C)C1. The summed E-state index contributed by atoms with van der Waals surface area (Å²) >= 11 is 0. The molecule has 0 aromatic heterocycles. The molecule has 2 atom stereocenters. The molecule has 6 heteroatoms. The zero-order valence-corrected chi connectivity index (χ0v) is 18.7. The van der Waals surface area contributed by atoms with Crippen LogP contribution in [0.15, 0.2) is 0 Å². The topological polar surface area (TPSA) is 53.1 Å². The van der Waals surface area contributed by atoms with Gasteiger partial charge < -0.3 is 14.5 Å². The van der Waals surface area contributed by atoms with E-state index in [1.807, 2.05) is 51.3 Å². The maximum atomic E-state index is 11.7. The molecule has 2 rings (SSSR count). The van der Waals surface area contributed by atoms with E-state index in [0.29, 0.717) is 11.9 Å². The van der Waals surface area contributed by atoms with Crippen LogP contribution >= 0.6 is 0 Å². The fraction of sp³-hybridized carbons (Fsp3) is 0.905. The van der Waals surface area contributed by atoms with E-state index in [1.165, 1.54) is 0 Å². The second-order valence-electron chi connectivity index (χ2n) is 8.76. The number of amides is 2. The van der Waals surface area contributed by atoms with Crippen molar-refractivity contribution >= 4 is 11.8 Å². The van der Waals surface area contributed by atoms with Gasteiger partial charge in [-0.15, -0.1) is 0 Å². The number of carbonyl (C=O) groups is 2. The van der Waals surface area contributed by atoms with E-state index in [1.54, 1.807) is 0 Å². The number of rotatable bonds is 3. The van der Waals surface area contributed by atoms with Crippen LogP contribution in [0.5, 0.6) is 0 Å². The first-order valence-corrected chi connectivity index (χ1v) is 10.5. The van der Waals surface area contributed by atoms with Gasteiger partial charge in [0.05, 0.1) is 12.2 Å². The van der Waals surface area contributed by atoms with Crippen molar-refractivity contribution in [3.63, 3.8) is 0 Å². The van der Waals surface area contributed by atoms with Crippen LogP contribution in [0.2, 0.25) is 0 Å². The molecule has 0 aromatic rings. The summed E-state index contributed by atoms with van der Waals surface area (Å²) in [5.41, 5.74) is 0. The summed E-state index contributed by atoms with van der Waals surface area (Å²) in [5, 5.41) is 0. The Hall–Kier alpha value is -1.14. The molecule has 158 valence electrons. The molecule has 2 saturated heterocycles. The maximum Gasteiger partial charge on any atom is 0.225 e. The van der Waals surface area contributed by atoms with Crippen molar-refractivity contribution in [1.29, 1.82) is 0 Å². The Morgan fingerprint density at radius 2 is 1.15 bits per heavy atom. The molecule has 0 N–H and O–H groups in total. The minimum atomic E-state index is 0.0949. The molecule has 2 aliphatic rings. The van der Waals surface area contributed by atoms with Crippen LogP contribution < -0.4 is 0 Å². The average Bonchev–Trinajstić information content (AvgIpc) is 2.60. The molecule has 0 unspecified atom stereocenters. The molecule has 2 heterocycles. The lowest BCUT2D eigenvalue weighted by molar-refractivity contribution is -0.146. The van der Waals surface area contributed by atoms with E-state index in [0.717, 1.165) is 39.3 Å². The molecule has 2 amide bonds. The van der Waals surface area contributed by atoms with E-state index in [4.69, 9.17) is 4.74 Å². The summed E-state index contributed by atoms with van der Waals surface area (Å²) in [5.74, 6) is 0.772. The van der Waals surface area contributed by atoms with Gasteiger partial charge in [-0.25, -0.2) is 0 Å². The van der Waals surface area contributed by atoms with E-state index < -0.39 is 0 Å². The van der Waals surface area contributed by atoms with Crippen molar-refractivity contribution in [1.82, 2.24) is 14.7 Å². The Morgan fingerprint density at radius 3 is 1.52 bits per heavy atom. The number of hydrogen-bond donors (Lipinski definition) is 0. The van der Waals surface area contributed by atoms with Crippen LogP contribution in [0, 0.1) is 11.8 Å². The largest absolute Gasteiger partial charge is 0.372 e. The van der Waals surface area contributed by atoms with Gasteiger partial charge in [0.15, 0.2) is 0 Å². The predicted octanol–water partition coefficient (Wildman–Crippen LogP) is 2.47. The molecule has 0 spiro atoms. The quantitative estimate of drug-likeness (QED) is 0.751. The van der Waals surface area contributed by atoms with Crippen molar-refractivity contribution in [3.8, 4) is 0 Å². The normalized spacial score (nSPS) is 24.3. The van der Waals surface area contributed by atoms with Gasteiger partial charge in [0.1, 0.15) is 0 Å². The van der Waals surface area contributed by atoms with Crippen molar-refractivity contribution in [3.05, 3.63) is 0 Å². The maximum absolute atomic E-state index is 11.7. The number of hydrogen-bond acceptors (Lipinski definition) is 4. The first kappa shape index (κ1) is 23.9. The molecule has 0 aliphatic carbocycles. The molecule has 0 radical (unpaired) electrons. The van der Waals surface area contributed by atoms with Crippen molar-refractivity contribution in [2.75, 3.05) is 39.3 Å². The zero-order valence-electron chi connectivity index (χ0n) is 18.7. The summed E-state index contributed by atoms with van der Waals surface area (Å²) in [7, 11) is 0. The monoisotopic (exact) mass is 383 g/mol. The molecule has 0 aromatic carbocycles. The lowest BCUT2D eigenvalue weighted by Crippen LogP contribution is -2.51. The Bertz CT molecular complexity index is 461. The summed E-state index contributed by atoms with van der Waals surface area (Å²) in [6.45, 7) is 21.6. The highest BCUT2D eigenvalue weighted by Crippen LogP contribution is 2.13. The summed E-state index contributed by atoms with van der Waals surface area (Å²) < 4.78 is 5.55. The highest BCUT2D eigenvalue weighted by Gasteiger charge is 2.27. The zero-order chi connectivity index (χ0) is 20.7. The third-order valence-electron chi connectivity index (χ3n) is 5.08. The third kappa shape index (κ3) is 7.78. The number of piperazine rings is 1. The van der Waals surface area contributed by atoms with Gasteiger partial charge >= 0.3 is 0 Å². The fourth-order valence-corrected chi connectivity index (χ4v) is 3.55. The lowest BCUT2D eigenvalue weighted by Gasteiger charge is -2.37. The molecular weight excluding hydrogens is 342 g/mol. The Kier molecular flexibility index (Phi) is 9.74. The molecule has 27 heavy (non-hydrogen) atoms. The second kappa shape index (κ2) is 11.0. The minimum Gasteiger partial charge on any atom is -0.372 e. The molecule has 0 saturated carbocycles. The average molecular weight is 384 g/mol.